The fourth-order valence-electron chi connectivity index (χ4n) is 3.09. The number of amides is 1. The summed E-state index contributed by atoms with van der Waals surface area (Å²) in [5, 5.41) is 9.65. The Kier molecular flexibility index (Phi) is 5.24. The number of nitrogens with zero attached hydrogens (tertiary/aromatic N) is 3. The topological polar surface area (TPSA) is 108 Å². The second-order valence-corrected chi connectivity index (χ2v) is 8.61. The number of hydrogen-bond acceptors (Lipinski definition) is 5. The Morgan fingerprint density at radius 2 is 1.90 bits per heavy atom. The normalized spacial score (nSPS) is 14.2. The van der Waals surface area contributed by atoms with Gasteiger partial charge in [0, 0.05) is 30.6 Å². The van der Waals surface area contributed by atoms with Crippen LogP contribution in [0.25, 0.3) is 6.08 Å². The Labute approximate surface area is 168 Å². The minimum atomic E-state index is -3.49. The molecular formula is C20H19N5O3S. The van der Waals surface area contributed by atoms with Gasteiger partial charge in [0.25, 0.3) is 0 Å². The zero-order valence-electron chi connectivity index (χ0n) is 15.4. The number of hydrogen-bond donors (Lipinski definition) is 2. The number of pyridine rings is 1. The van der Waals surface area contributed by atoms with E-state index in [9.17, 15) is 13.2 Å². The van der Waals surface area contributed by atoms with E-state index < -0.39 is 10.0 Å². The first kappa shape index (κ1) is 19.0. The van der Waals surface area contributed by atoms with Crippen molar-refractivity contribution < 1.29 is 13.2 Å². The molecule has 0 radical (unpaired) electrons. The van der Waals surface area contributed by atoms with Gasteiger partial charge in [0.05, 0.1) is 18.0 Å². The highest BCUT2D eigenvalue weighted by molar-refractivity contribution is 7.88. The molecule has 0 bridgehead atoms. The van der Waals surface area contributed by atoms with Gasteiger partial charge in [0.2, 0.25) is 15.9 Å². The Morgan fingerprint density at radius 3 is 2.66 bits per heavy atom. The van der Waals surface area contributed by atoms with E-state index in [-0.39, 0.29) is 24.7 Å². The summed E-state index contributed by atoms with van der Waals surface area (Å²) < 4.78 is 26.9. The third-order valence-electron chi connectivity index (χ3n) is 4.58. The third kappa shape index (κ3) is 4.41. The van der Waals surface area contributed by atoms with Gasteiger partial charge < -0.3 is 5.32 Å². The van der Waals surface area contributed by atoms with Crippen LogP contribution in [0.15, 0.2) is 60.9 Å². The highest BCUT2D eigenvalue weighted by Gasteiger charge is 2.33. The van der Waals surface area contributed by atoms with Gasteiger partial charge >= 0.3 is 0 Å². The number of carbonyl (C=O) groups is 1. The lowest BCUT2D eigenvalue weighted by Crippen LogP contribution is -2.27. The van der Waals surface area contributed by atoms with Crippen molar-refractivity contribution in [2.24, 2.45) is 0 Å². The van der Waals surface area contributed by atoms with E-state index in [2.05, 4.69) is 20.5 Å². The van der Waals surface area contributed by atoms with Crippen LogP contribution in [0.5, 0.6) is 0 Å². The number of nitrogens with one attached hydrogen (secondary N) is 2. The van der Waals surface area contributed by atoms with Gasteiger partial charge in [-0.15, -0.1) is 0 Å². The van der Waals surface area contributed by atoms with Crippen LogP contribution in [0, 0.1) is 0 Å². The van der Waals surface area contributed by atoms with Crippen LogP contribution in [0.1, 0.15) is 22.4 Å². The molecule has 3 heterocycles. The minimum absolute atomic E-state index is 0.0676. The number of sulfonamides is 1. The highest BCUT2D eigenvalue weighted by atomic mass is 32.2. The number of anilines is 1. The number of rotatable bonds is 6. The number of fused-ring (bicyclic) bond motifs is 1. The first-order valence-corrected chi connectivity index (χ1v) is 10.6. The van der Waals surface area contributed by atoms with Crippen molar-refractivity contribution in [3.63, 3.8) is 0 Å². The molecule has 9 heteroatoms. The fraction of sp³-hybridized carbons (Fsp3) is 0.150. The molecule has 8 nitrogen and oxygen atoms in total. The van der Waals surface area contributed by atoms with E-state index in [0.29, 0.717) is 17.1 Å². The quantitative estimate of drug-likeness (QED) is 0.608. The van der Waals surface area contributed by atoms with Crippen LogP contribution < -0.4 is 5.32 Å². The van der Waals surface area contributed by atoms with Crippen molar-refractivity contribution in [1.82, 2.24) is 19.5 Å². The van der Waals surface area contributed by atoms with Crippen LogP contribution in [0.4, 0.5) is 5.82 Å². The van der Waals surface area contributed by atoms with E-state index in [1.165, 1.54) is 10.4 Å². The summed E-state index contributed by atoms with van der Waals surface area (Å²) in [5.74, 6) is -0.0643. The molecule has 1 aliphatic rings. The molecular weight excluding hydrogens is 390 g/mol. The molecule has 2 N–H and O–H groups in total. The summed E-state index contributed by atoms with van der Waals surface area (Å²) in [6.45, 7) is 0.380. The summed E-state index contributed by atoms with van der Waals surface area (Å²) in [5.41, 5.74) is 2.96. The van der Waals surface area contributed by atoms with Gasteiger partial charge in [0.15, 0.2) is 5.82 Å². The smallest absolute Gasteiger partial charge is 0.249 e. The van der Waals surface area contributed by atoms with Crippen LogP contribution in [0.3, 0.4) is 0 Å². The fourth-order valence-corrected chi connectivity index (χ4v) is 4.54. The van der Waals surface area contributed by atoms with Crippen molar-refractivity contribution in [2.75, 3.05) is 5.32 Å². The first-order chi connectivity index (χ1) is 14.0. The summed E-state index contributed by atoms with van der Waals surface area (Å²) in [6, 6.07) is 12.6. The number of carbonyl (C=O) groups excluding carboxylic acids is 1. The van der Waals surface area contributed by atoms with E-state index >= 15 is 0 Å². The highest BCUT2D eigenvalue weighted by Crippen LogP contribution is 2.30. The average Bonchev–Trinajstić information content (AvgIpc) is 3.30. The second-order valence-electron chi connectivity index (χ2n) is 6.64. The number of aromatic amines is 1. The zero-order chi connectivity index (χ0) is 20.3. The van der Waals surface area contributed by atoms with Gasteiger partial charge in [-0.2, -0.15) is 9.40 Å². The van der Waals surface area contributed by atoms with Crippen molar-refractivity contribution >= 4 is 27.8 Å². The Bertz CT molecular complexity index is 1140. The molecule has 0 saturated heterocycles. The van der Waals surface area contributed by atoms with Gasteiger partial charge in [-0.3, -0.25) is 14.9 Å². The third-order valence-corrected chi connectivity index (χ3v) is 6.32. The minimum Gasteiger partial charge on any atom is -0.305 e. The standard InChI is InChI=1S/C20H19N5O3S/c26-19(7-6-15-8-10-21-11-9-15)22-20-17-12-25(13-18(17)23-24-20)29(27,28)14-16-4-2-1-3-5-16/h1-11H,12-14H2,(H2,22,23,24,26). The summed E-state index contributed by atoms with van der Waals surface area (Å²) in [4.78, 5) is 16.1. The molecule has 1 amide bonds. The predicted octanol–water partition coefficient (Wildman–Crippen LogP) is 2.30. The maximum Gasteiger partial charge on any atom is 0.249 e. The van der Waals surface area contributed by atoms with E-state index in [4.69, 9.17) is 0 Å². The number of aromatic nitrogens is 3. The SMILES string of the molecule is O=C(C=Cc1ccncc1)Nc1n[nH]c2c1CN(S(=O)(=O)Cc1ccccc1)C2. The van der Waals surface area contributed by atoms with Gasteiger partial charge in [-0.25, -0.2) is 8.42 Å². The molecule has 4 rings (SSSR count). The summed E-state index contributed by atoms with van der Waals surface area (Å²) >= 11 is 0. The van der Waals surface area contributed by atoms with E-state index in [1.807, 2.05) is 18.2 Å². The second kappa shape index (κ2) is 7.98. The lowest BCUT2D eigenvalue weighted by Gasteiger charge is -2.16. The predicted molar refractivity (Wildman–Crippen MR) is 109 cm³/mol. The largest absolute Gasteiger partial charge is 0.305 e. The molecule has 0 spiro atoms. The molecule has 0 unspecified atom stereocenters. The number of benzene rings is 1. The van der Waals surface area contributed by atoms with Gasteiger partial charge in [0.1, 0.15) is 0 Å². The van der Waals surface area contributed by atoms with Crippen LogP contribution >= 0.6 is 0 Å². The monoisotopic (exact) mass is 409 g/mol. The van der Waals surface area contributed by atoms with Crippen molar-refractivity contribution in [3.8, 4) is 0 Å². The first-order valence-electron chi connectivity index (χ1n) is 8.98. The molecule has 148 valence electrons. The van der Waals surface area contributed by atoms with E-state index in [0.717, 1.165) is 11.1 Å². The average molecular weight is 409 g/mol. The zero-order valence-corrected chi connectivity index (χ0v) is 16.3. The molecule has 0 fully saturated rings. The van der Waals surface area contributed by atoms with Crippen LogP contribution in [0.2, 0.25) is 0 Å². The lowest BCUT2D eigenvalue weighted by molar-refractivity contribution is -0.111. The lowest BCUT2D eigenvalue weighted by atomic mass is 10.2. The maximum absolute atomic E-state index is 12.7. The molecule has 1 aromatic carbocycles. The molecule has 0 aliphatic carbocycles. The summed E-state index contributed by atoms with van der Waals surface area (Å²) in [6.07, 6.45) is 6.35. The molecule has 0 atom stereocenters. The van der Waals surface area contributed by atoms with Crippen LogP contribution in [-0.4, -0.2) is 33.8 Å². The Balaban J connectivity index is 1.43. The molecule has 29 heavy (non-hydrogen) atoms. The van der Waals surface area contributed by atoms with Gasteiger partial charge in [-0.05, 0) is 29.3 Å². The molecule has 3 aromatic rings. The van der Waals surface area contributed by atoms with E-state index in [1.54, 1.807) is 42.7 Å². The van der Waals surface area contributed by atoms with Crippen molar-refractivity contribution in [2.45, 2.75) is 18.8 Å². The molecule has 0 saturated carbocycles. The van der Waals surface area contributed by atoms with Crippen LogP contribution in [-0.2, 0) is 33.7 Å². The Morgan fingerprint density at radius 1 is 1.14 bits per heavy atom. The number of H-pyrrole nitrogens is 1. The Hall–Kier alpha value is -3.30. The van der Waals surface area contributed by atoms with Crippen molar-refractivity contribution in [3.05, 3.63) is 83.3 Å². The molecule has 1 aliphatic heterocycles. The van der Waals surface area contributed by atoms with Crippen molar-refractivity contribution in [1.29, 1.82) is 0 Å². The molecule has 2 aromatic heterocycles. The summed E-state index contributed by atoms with van der Waals surface area (Å²) in [7, 11) is -3.49. The maximum atomic E-state index is 12.7. The van der Waals surface area contributed by atoms with Gasteiger partial charge in [-0.1, -0.05) is 30.3 Å².